The fraction of sp³-hybridized carbons (Fsp3) is 0.455. The number of anilines is 1. The van der Waals surface area contributed by atoms with Crippen molar-refractivity contribution >= 4 is 29.2 Å². The van der Waals surface area contributed by atoms with Gasteiger partial charge in [-0.3, -0.25) is 9.59 Å². The number of ether oxygens (including phenoxy) is 1. The molecule has 0 aromatic heterocycles. The summed E-state index contributed by atoms with van der Waals surface area (Å²) in [6.45, 7) is 2.07. The van der Waals surface area contributed by atoms with Crippen LogP contribution in [0, 0.1) is 0 Å². The standard InChI is InChI=1S/C22H27N3O4/c1-16(21(27)23-15-14-17-8-4-2-5-9-17)29-22(28)19-12-13-20(26)25(24-19)18-10-6-3-7-11-18/h3,6-8,10-11,16H,2,4-5,9,12-15H2,1H3,(H,23,27)/t16-/m0/s1. The van der Waals surface area contributed by atoms with Crippen LogP contribution in [0.15, 0.2) is 47.1 Å². The Morgan fingerprint density at radius 2 is 1.97 bits per heavy atom. The van der Waals surface area contributed by atoms with Crippen molar-refractivity contribution in [2.75, 3.05) is 11.6 Å². The SMILES string of the molecule is C[C@H](OC(=O)C1=NN(c2ccccc2)C(=O)CC1)C(=O)NCCC1=CCCCC1. The summed E-state index contributed by atoms with van der Waals surface area (Å²) in [6, 6.07) is 8.91. The molecule has 0 bridgehead atoms. The van der Waals surface area contributed by atoms with Gasteiger partial charge in [-0.1, -0.05) is 29.8 Å². The van der Waals surface area contributed by atoms with E-state index in [0.717, 1.165) is 19.3 Å². The lowest BCUT2D eigenvalue weighted by Crippen LogP contribution is -2.40. The number of esters is 1. The summed E-state index contributed by atoms with van der Waals surface area (Å²) in [4.78, 5) is 36.8. The first kappa shape index (κ1) is 20.8. The fourth-order valence-corrected chi connectivity index (χ4v) is 3.38. The summed E-state index contributed by atoms with van der Waals surface area (Å²) in [5, 5.41) is 8.18. The zero-order chi connectivity index (χ0) is 20.6. The van der Waals surface area contributed by atoms with Crippen molar-refractivity contribution in [3.63, 3.8) is 0 Å². The number of benzene rings is 1. The van der Waals surface area contributed by atoms with Crippen molar-refractivity contribution in [1.82, 2.24) is 5.32 Å². The van der Waals surface area contributed by atoms with Crippen LogP contribution in [0.1, 0.15) is 51.9 Å². The molecule has 0 radical (unpaired) electrons. The van der Waals surface area contributed by atoms with Crippen LogP contribution < -0.4 is 10.3 Å². The van der Waals surface area contributed by atoms with Crippen LogP contribution in [0.3, 0.4) is 0 Å². The van der Waals surface area contributed by atoms with Gasteiger partial charge in [0.2, 0.25) is 5.91 Å². The summed E-state index contributed by atoms with van der Waals surface area (Å²) >= 11 is 0. The molecule has 7 nitrogen and oxygen atoms in total. The molecule has 1 aromatic carbocycles. The number of rotatable bonds is 7. The number of carbonyl (C=O) groups excluding carboxylic acids is 3. The Kier molecular flexibility index (Phi) is 7.16. The molecule has 1 aromatic rings. The Labute approximate surface area is 170 Å². The van der Waals surface area contributed by atoms with Crippen LogP contribution in [0.2, 0.25) is 0 Å². The average molecular weight is 397 g/mol. The molecule has 1 heterocycles. The number of nitrogens with zero attached hydrogens (tertiary/aromatic N) is 2. The van der Waals surface area contributed by atoms with E-state index < -0.39 is 12.1 Å². The van der Waals surface area contributed by atoms with Gasteiger partial charge in [0.15, 0.2) is 6.10 Å². The molecule has 29 heavy (non-hydrogen) atoms. The highest BCUT2D eigenvalue weighted by Gasteiger charge is 2.28. The quantitative estimate of drug-likeness (QED) is 0.566. The van der Waals surface area contributed by atoms with Crippen molar-refractivity contribution in [2.45, 2.75) is 58.0 Å². The van der Waals surface area contributed by atoms with Crippen LogP contribution in [0.5, 0.6) is 0 Å². The third kappa shape index (κ3) is 5.76. The third-order valence-electron chi connectivity index (χ3n) is 5.05. The topological polar surface area (TPSA) is 88.1 Å². The minimum atomic E-state index is -0.923. The second kappa shape index (κ2) is 10.0. The van der Waals surface area contributed by atoms with E-state index in [2.05, 4.69) is 16.5 Å². The lowest BCUT2D eigenvalue weighted by atomic mass is 9.97. The average Bonchev–Trinajstić information content (AvgIpc) is 2.75. The summed E-state index contributed by atoms with van der Waals surface area (Å²) < 4.78 is 5.28. The van der Waals surface area contributed by atoms with Gasteiger partial charge in [0.1, 0.15) is 5.71 Å². The van der Waals surface area contributed by atoms with E-state index >= 15 is 0 Å². The molecule has 0 saturated heterocycles. The van der Waals surface area contributed by atoms with Crippen molar-refractivity contribution in [3.05, 3.63) is 42.0 Å². The van der Waals surface area contributed by atoms with E-state index in [1.54, 1.807) is 24.3 Å². The monoisotopic (exact) mass is 397 g/mol. The molecule has 0 fully saturated rings. The predicted molar refractivity (Wildman–Crippen MR) is 110 cm³/mol. The maximum atomic E-state index is 12.4. The number of amides is 2. The number of para-hydroxylation sites is 1. The Balaban J connectivity index is 1.52. The second-order valence-electron chi connectivity index (χ2n) is 7.28. The molecule has 0 spiro atoms. The molecule has 1 aliphatic heterocycles. The van der Waals surface area contributed by atoms with E-state index in [1.165, 1.54) is 30.3 Å². The van der Waals surface area contributed by atoms with Crippen LogP contribution in [-0.2, 0) is 19.1 Å². The van der Waals surface area contributed by atoms with E-state index in [1.807, 2.05) is 6.07 Å². The van der Waals surface area contributed by atoms with Gasteiger partial charge in [-0.2, -0.15) is 5.10 Å². The van der Waals surface area contributed by atoms with Crippen molar-refractivity contribution in [3.8, 4) is 0 Å². The summed E-state index contributed by atoms with van der Waals surface area (Å²) in [7, 11) is 0. The normalized spacial score (nSPS) is 17.8. The van der Waals surface area contributed by atoms with Gasteiger partial charge in [-0.05, 0) is 51.2 Å². The van der Waals surface area contributed by atoms with Crippen LogP contribution in [0.25, 0.3) is 0 Å². The van der Waals surface area contributed by atoms with Gasteiger partial charge in [-0.15, -0.1) is 0 Å². The van der Waals surface area contributed by atoms with E-state index in [4.69, 9.17) is 4.74 Å². The summed E-state index contributed by atoms with van der Waals surface area (Å²) in [6.07, 6.45) is 7.17. The highest BCUT2D eigenvalue weighted by molar-refractivity contribution is 6.38. The van der Waals surface area contributed by atoms with E-state index in [9.17, 15) is 14.4 Å². The highest BCUT2D eigenvalue weighted by Crippen LogP contribution is 2.21. The lowest BCUT2D eigenvalue weighted by Gasteiger charge is -2.23. The smallest absolute Gasteiger partial charge is 0.355 e. The molecule has 2 amide bonds. The number of carbonyl (C=O) groups is 3. The first-order chi connectivity index (χ1) is 14.0. The number of nitrogens with one attached hydrogen (secondary N) is 1. The number of hydrogen-bond donors (Lipinski definition) is 1. The highest BCUT2D eigenvalue weighted by atomic mass is 16.5. The zero-order valence-corrected chi connectivity index (χ0v) is 16.7. The van der Waals surface area contributed by atoms with Crippen LogP contribution in [0.4, 0.5) is 5.69 Å². The predicted octanol–water partition coefficient (Wildman–Crippen LogP) is 3.11. The van der Waals surface area contributed by atoms with Crippen molar-refractivity contribution in [1.29, 1.82) is 0 Å². The molecular formula is C22H27N3O4. The minimum absolute atomic E-state index is 0.139. The minimum Gasteiger partial charge on any atom is -0.448 e. The van der Waals surface area contributed by atoms with Gasteiger partial charge in [-0.25, -0.2) is 9.80 Å². The Morgan fingerprint density at radius 3 is 2.69 bits per heavy atom. The molecule has 1 atom stereocenters. The molecule has 0 unspecified atom stereocenters. The number of hydrogen-bond acceptors (Lipinski definition) is 5. The second-order valence-corrected chi connectivity index (χ2v) is 7.28. The Morgan fingerprint density at radius 1 is 1.17 bits per heavy atom. The van der Waals surface area contributed by atoms with Crippen LogP contribution >= 0.6 is 0 Å². The zero-order valence-electron chi connectivity index (χ0n) is 16.7. The van der Waals surface area contributed by atoms with Crippen molar-refractivity contribution in [2.24, 2.45) is 5.10 Å². The van der Waals surface area contributed by atoms with Crippen molar-refractivity contribution < 1.29 is 19.1 Å². The lowest BCUT2D eigenvalue weighted by molar-refractivity contribution is -0.148. The van der Waals surface area contributed by atoms with Crippen LogP contribution in [-0.4, -0.2) is 36.1 Å². The van der Waals surface area contributed by atoms with E-state index in [0.29, 0.717) is 12.2 Å². The van der Waals surface area contributed by atoms with Gasteiger partial charge in [0, 0.05) is 19.4 Å². The van der Waals surface area contributed by atoms with E-state index in [-0.39, 0.29) is 30.4 Å². The van der Waals surface area contributed by atoms with Gasteiger partial charge in [0.05, 0.1) is 5.69 Å². The Bertz CT molecular complexity index is 817. The number of allylic oxidation sites excluding steroid dienone is 1. The molecule has 1 aliphatic carbocycles. The molecular weight excluding hydrogens is 370 g/mol. The molecule has 1 N–H and O–H groups in total. The third-order valence-corrected chi connectivity index (χ3v) is 5.05. The van der Waals surface area contributed by atoms with Gasteiger partial charge < -0.3 is 10.1 Å². The summed E-state index contributed by atoms with van der Waals surface area (Å²) in [5.41, 5.74) is 2.11. The fourth-order valence-electron chi connectivity index (χ4n) is 3.38. The Hall–Kier alpha value is -2.96. The largest absolute Gasteiger partial charge is 0.448 e. The maximum absolute atomic E-state index is 12.4. The first-order valence-electron chi connectivity index (χ1n) is 10.2. The molecule has 7 heteroatoms. The first-order valence-corrected chi connectivity index (χ1v) is 10.2. The van der Waals surface area contributed by atoms with Gasteiger partial charge >= 0.3 is 5.97 Å². The molecule has 2 aliphatic rings. The molecule has 3 rings (SSSR count). The maximum Gasteiger partial charge on any atom is 0.355 e. The molecule has 154 valence electrons. The summed E-state index contributed by atoms with van der Waals surface area (Å²) in [5.74, 6) is -1.19. The molecule has 0 saturated carbocycles. The number of hydrazone groups is 1. The van der Waals surface area contributed by atoms with Gasteiger partial charge in [0.25, 0.3) is 5.91 Å².